The van der Waals surface area contributed by atoms with E-state index in [-0.39, 0.29) is 6.04 Å². The molecule has 0 saturated carbocycles. The lowest BCUT2D eigenvalue weighted by Crippen LogP contribution is -2.04. The number of aromatic nitrogens is 1. The van der Waals surface area contributed by atoms with Crippen LogP contribution in [0.4, 0.5) is 0 Å². The number of nitrogens with two attached hydrogens (primary N) is 1. The van der Waals surface area contributed by atoms with Crippen LogP contribution in [-0.2, 0) is 0 Å². The fourth-order valence-corrected chi connectivity index (χ4v) is 2.18. The van der Waals surface area contributed by atoms with Crippen LogP contribution in [0.1, 0.15) is 35.5 Å². The number of oxazole rings is 1. The first-order valence-corrected chi connectivity index (χ1v) is 5.78. The highest BCUT2D eigenvalue weighted by Crippen LogP contribution is 2.29. The average Bonchev–Trinajstić information content (AvgIpc) is 2.65. The molecular formula is C14H18N2O. The summed E-state index contributed by atoms with van der Waals surface area (Å²) in [5, 5.41) is 0. The molecule has 0 spiro atoms. The van der Waals surface area contributed by atoms with E-state index in [1.54, 1.807) is 6.20 Å². The van der Waals surface area contributed by atoms with Crippen LogP contribution in [0.25, 0.3) is 11.3 Å². The summed E-state index contributed by atoms with van der Waals surface area (Å²) in [6.07, 6.45) is 1.75. The first kappa shape index (κ1) is 11.9. The quantitative estimate of drug-likeness (QED) is 0.861. The van der Waals surface area contributed by atoms with E-state index in [4.69, 9.17) is 10.2 Å². The maximum absolute atomic E-state index is 5.75. The maximum atomic E-state index is 5.75. The Hall–Kier alpha value is -1.61. The van der Waals surface area contributed by atoms with Crippen LogP contribution >= 0.6 is 0 Å². The second-order valence-electron chi connectivity index (χ2n) is 4.63. The van der Waals surface area contributed by atoms with Crippen LogP contribution in [0.3, 0.4) is 0 Å². The molecule has 3 heteroatoms. The van der Waals surface area contributed by atoms with Crippen molar-refractivity contribution in [1.82, 2.24) is 4.98 Å². The minimum atomic E-state index is -0.171. The van der Waals surface area contributed by atoms with E-state index < -0.39 is 0 Å². The Morgan fingerprint density at radius 2 is 1.76 bits per heavy atom. The Kier molecular flexibility index (Phi) is 3.03. The fourth-order valence-electron chi connectivity index (χ4n) is 2.18. The normalized spacial score (nSPS) is 12.8. The lowest BCUT2D eigenvalue weighted by molar-refractivity contribution is 0.473. The molecule has 2 N–H and O–H groups in total. The summed E-state index contributed by atoms with van der Waals surface area (Å²) in [5.41, 5.74) is 10.5. The molecule has 0 aliphatic rings. The van der Waals surface area contributed by atoms with Crippen molar-refractivity contribution in [3.8, 4) is 11.3 Å². The molecular weight excluding hydrogens is 212 g/mol. The van der Waals surface area contributed by atoms with Gasteiger partial charge in [-0.15, -0.1) is 0 Å². The van der Waals surface area contributed by atoms with Gasteiger partial charge < -0.3 is 10.2 Å². The van der Waals surface area contributed by atoms with E-state index in [9.17, 15) is 0 Å². The summed E-state index contributed by atoms with van der Waals surface area (Å²) < 4.78 is 5.70. The number of hydrogen-bond donors (Lipinski definition) is 1. The largest absolute Gasteiger partial charge is 0.439 e. The highest BCUT2D eigenvalue weighted by molar-refractivity contribution is 5.66. The van der Waals surface area contributed by atoms with Crippen molar-refractivity contribution in [3.63, 3.8) is 0 Å². The number of hydrogen-bond acceptors (Lipinski definition) is 3. The van der Waals surface area contributed by atoms with Crippen molar-refractivity contribution in [3.05, 3.63) is 40.9 Å². The van der Waals surface area contributed by atoms with Gasteiger partial charge in [-0.3, -0.25) is 0 Å². The third-order valence-electron chi connectivity index (χ3n) is 2.84. The van der Waals surface area contributed by atoms with E-state index in [0.717, 1.165) is 11.3 Å². The standard InChI is InChI=1S/C14H18N2O/c1-8-5-9(2)13(10(3)6-8)12-7-16-14(17-12)11(4)15/h5-7,11H,15H2,1-4H3. The van der Waals surface area contributed by atoms with E-state index in [0.29, 0.717) is 5.89 Å². The molecule has 0 aliphatic heterocycles. The predicted octanol–water partition coefficient (Wildman–Crippen LogP) is 3.29. The van der Waals surface area contributed by atoms with E-state index in [2.05, 4.69) is 37.9 Å². The van der Waals surface area contributed by atoms with E-state index in [1.807, 2.05) is 6.92 Å². The second-order valence-corrected chi connectivity index (χ2v) is 4.63. The van der Waals surface area contributed by atoms with Crippen LogP contribution in [-0.4, -0.2) is 4.98 Å². The Labute approximate surface area is 102 Å². The molecule has 17 heavy (non-hydrogen) atoms. The van der Waals surface area contributed by atoms with Crippen LogP contribution < -0.4 is 5.73 Å². The Bertz CT molecular complexity index is 518. The van der Waals surface area contributed by atoms with Crippen molar-refractivity contribution >= 4 is 0 Å². The molecule has 3 nitrogen and oxygen atoms in total. The Balaban J connectivity index is 2.52. The van der Waals surface area contributed by atoms with Crippen molar-refractivity contribution in [2.45, 2.75) is 33.7 Å². The highest BCUT2D eigenvalue weighted by Gasteiger charge is 2.13. The monoisotopic (exact) mass is 230 g/mol. The molecule has 2 aromatic rings. The van der Waals surface area contributed by atoms with Crippen LogP contribution in [0, 0.1) is 20.8 Å². The molecule has 1 aromatic heterocycles. The van der Waals surface area contributed by atoms with E-state index in [1.165, 1.54) is 16.7 Å². The molecule has 2 rings (SSSR count). The molecule has 0 amide bonds. The summed E-state index contributed by atoms with van der Waals surface area (Å²) in [6, 6.07) is 4.13. The predicted molar refractivity (Wildman–Crippen MR) is 68.8 cm³/mol. The number of nitrogens with zero attached hydrogens (tertiary/aromatic N) is 1. The molecule has 0 bridgehead atoms. The molecule has 1 unspecified atom stereocenters. The molecule has 1 aromatic carbocycles. The summed E-state index contributed by atoms with van der Waals surface area (Å²) in [4.78, 5) is 4.21. The summed E-state index contributed by atoms with van der Waals surface area (Å²) in [6.45, 7) is 8.13. The zero-order chi connectivity index (χ0) is 12.6. The van der Waals surface area contributed by atoms with Crippen molar-refractivity contribution in [2.75, 3.05) is 0 Å². The zero-order valence-corrected chi connectivity index (χ0v) is 10.7. The summed E-state index contributed by atoms with van der Waals surface area (Å²) >= 11 is 0. The Morgan fingerprint density at radius 3 is 2.24 bits per heavy atom. The molecule has 1 heterocycles. The maximum Gasteiger partial charge on any atom is 0.211 e. The van der Waals surface area contributed by atoms with Crippen LogP contribution in [0.15, 0.2) is 22.7 Å². The van der Waals surface area contributed by atoms with Crippen LogP contribution in [0.5, 0.6) is 0 Å². The SMILES string of the molecule is Cc1cc(C)c(-c2cnc(C(C)N)o2)c(C)c1. The lowest BCUT2D eigenvalue weighted by atomic mass is 9.98. The first-order valence-electron chi connectivity index (χ1n) is 5.78. The van der Waals surface area contributed by atoms with Gasteiger partial charge in [-0.1, -0.05) is 17.7 Å². The molecule has 90 valence electrons. The third kappa shape index (κ3) is 2.24. The van der Waals surface area contributed by atoms with Gasteiger partial charge in [-0.25, -0.2) is 4.98 Å². The summed E-state index contributed by atoms with van der Waals surface area (Å²) in [7, 11) is 0. The second kappa shape index (κ2) is 4.34. The molecule has 0 aliphatic carbocycles. The molecule has 1 atom stereocenters. The van der Waals surface area contributed by atoms with Gasteiger partial charge in [0, 0.05) is 5.56 Å². The minimum Gasteiger partial charge on any atom is -0.439 e. The van der Waals surface area contributed by atoms with E-state index >= 15 is 0 Å². The highest BCUT2D eigenvalue weighted by atomic mass is 16.4. The van der Waals surface area contributed by atoms with Crippen LogP contribution in [0.2, 0.25) is 0 Å². The number of rotatable bonds is 2. The van der Waals surface area contributed by atoms with Gasteiger partial charge in [0.05, 0.1) is 12.2 Å². The third-order valence-corrected chi connectivity index (χ3v) is 2.84. The van der Waals surface area contributed by atoms with Gasteiger partial charge >= 0.3 is 0 Å². The first-order chi connectivity index (χ1) is 7.99. The van der Waals surface area contributed by atoms with Gasteiger partial charge in [0.15, 0.2) is 5.76 Å². The smallest absolute Gasteiger partial charge is 0.211 e. The van der Waals surface area contributed by atoms with Gasteiger partial charge in [0.25, 0.3) is 0 Å². The topological polar surface area (TPSA) is 52.0 Å². The summed E-state index contributed by atoms with van der Waals surface area (Å²) in [5.74, 6) is 1.38. The Morgan fingerprint density at radius 1 is 1.18 bits per heavy atom. The van der Waals surface area contributed by atoms with Gasteiger partial charge in [0.1, 0.15) is 0 Å². The minimum absolute atomic E-state index is 0.171. The lowest BCUT2D eigenvalue weighted by Gasteiger charge is -2.08. The molecule has 0 radical (unpaired) electrons. The van der Waals surface area contributed by atoms with Gasteiger partial charge in [-0.05, 0) is 38.8 Å². The fraction of sp³-hybridized carbons (Fsp3) is 0.357. The van der Waals surface area contributed by atoms with Crippen molar-refractivity contribution < 1.29 is 4.42 Å². The van der Waals surface area contributed by atoms with Gasteiger partial charge in [-0.2, -0.15) is 0 Å². The number of aryl methyl sites for hydroxylation is 3. The number of benzene rings is 1. The van der Waals surface area contributed by atoms with Crippen molar-refractivity contribution in [1.29, 1.82) is 0 Å². The van der Waals surface area contributed by atoms with Gasteiger partial charge in [0.2, 0.25) is 5.89 Å². The van der Waals surface area contributed by atoms with Crippen molar-refractivity contribution in [2.24, 2.45) is 5.73 Å². The molecule has 0 saturated heterocycles. The molecule has 0 fully saturated rings. The average molecular weight is 230 g/mol. The zero-order valence-electron chi connectivity index (χ0n) is 10.7.